The summed E-state index contributed by atoms with van der Waals surface area (Å²) in [7, 11) is 0. The van der Waals surface area contributed by atoms with Crippen LogP contribution in [0.3, 0.4) is 0 Å². The molecule has 0 amide bonds. The quantitative estimate of drug-likeness (QED) is 0.780. The van der Waals surface area contributed by atoms with Gasteiger partial charge in [-0.3, -0.25) is 4.79 Å². The highest BCUT2D eigenvalue weighted by Gasteiger charge is 2.37. The summed E-state index contributed by atoms with van der Waals surface area (Å²) >= 11 is 5.86. The molecule has 80 valence electrons. The van der Waals surface area contributed by atoms with Crippen LogP contribution in [-0.4, -0.2) is 30.1 Å². The molecule has 0 saturated carbocycles. The molecule has 1 saturated heterocycles. The van der Waals surface area contributed by atoms with E-state index in [1.54, 1.807) is 25.1 Å². The second kappa shape index (κ2) is 3.51. The summed E-state index contributed by atoms with van der Waals surface area (Å²) in [5.74, 6) is 0. The van der Waals surface area contributed by atoms with Crippen LogP contribution in [0.25, 0.3) is 0 Å². The van der Waals surface area contributed by atoms with E-state index in [4.69, 9.17) is 11.6 Å². The number of hydrogen-bond acceptors (Lipinski definition) is 3. The van der Waals surface area contributed by atoms with Gasteiger partial charge in [-0.25, -0.2) is 0 Å². The Kier molecular flexibility index (Phi) is 2.44. The van der Waals surface area contributed by atoms with Crippen LogP contribution in [0, 0.1) is 0 Å². The third-order valence-corrected chi connectivity index (χ3v) is 2.76. The Balaban J connectivity index is 2.28. The summed E-state index contributed by atoms with van der Waals surface area (Å²) in [6, 6.07) is 5.13. The van der Waals surface area contributed by atoms with E-state index >= 15 is 0 Å². The van der Waals surface area contributed by atoms with Crippen LogP contribution in [0.1, 0.15) is 17.3 Å². The molecule has 2 rings (SSSR count). The lowest BCUT2D eigenvalue weighted by Gasteiger charge is -2.46. The normalized spacial score (nSPS) is 18.5. The summed E-state index contributed by atoms with van der Waals surface area (Å²) in [4.78, 5) is 12.8. The van der Waals surface area contributed by atoms with Crippen molar-refractivity contribution in [2.75, 3.05) is 18.0 Å². The van der Waals surface area contributed by atoms with E-state index in [0.717, 1.165) is 12.0 Å². The van der Waals surface area contributed by atoms with Crippen molar-refractivity contribution < 1.29 is 9.90 Å². The zero-order chi connectivity index (χ0) is 11.1. The van der Waals surface area contributed by atoms with Gasteiger partial charge in [0.05, 0.1) is 5.60 Å². The highest BCUT2D eigenvalue weighted by Crippen LogP contribution is 2.31. The van der Waals surface area contributed by atoms with E-state index in [0.29, 0.717) is 23.7 Å². The second-order valence-electron chi connectivity index (χ2n) is 4.17. The third-order valence-electron chi connectivity index (χ3n) is 2.52. The Morgan fingerprint density at radius 3 is 2.73 bits per heavy atom. The van der Waals surface area contributed by atoms with E-state index in [1.807, 2.05) is 4.90 Å². The average Bonchev–Trinajstić information content (AvgIpc) is 2.14. The van der Waals surface area contributed by atoms with Gasteiger partial charge in [0.15, 0.2) is 6.29 Å². The molecule has 1 heterocycles. The summed E-state index contributed by atoms with van der Waals surface area (Å²) in [5.41, 5.74) is 0.751. The molecule has 0 atom stereocenters. The molecule has 0 unspecified atom stereocenters. The molecule has 0 aromatic heterocycles. The van der Waals surface area contributed by atoms with E-state index in [2.05, 4.69) is 0 Å². The fourth-order valence-corrected chi connectivity index (χ4v) is 2.00. The molecule has 3 nitrogen and oxygen atoms in total. The van der Waals surface area contributed by atoms with Gasteiger partial charge in [0.2, 0.25) is 0 Å². The lowest BCUT2D eigenvalue weighted by molar-refractivity contribution is 0.0309. The summed E-state index contributed by atoms with van der Waals surface area (Å²) in [5, 5.41) is 10.2. The number of aldehydes is 1. The van der Waals surface area contributed by atoms with Crippen molar-refractivity contribution in [3.63, 3.8) is 0 Å². The van der Waals surface area contributed by atoms with Crippen molar-refractivity contribution in [1.82, 2.24) is 0 Å². The Morgan fingerprint density at radius 2 is 2.20 bits per heavy atom. The molecule has 15 heavy (non-hydrogen) atoms. The van der Waals surface area contributed by atoms with Gasteiger partial charge in [0.25, 0.3) is 0 Å². The lowest BCUT2D eigenvalue weighted by Crippen LogP contribution is -2.60. The van der Waals surface area contributed by atoms with E-state index in [1.165, 1.54) is 0 Å². The predicted molar refractivity (Wildman–Crippen MR) is 59.7 cm³/mol. The Morgan fingerprint density at radius 1 is 1.53 bits per heavy atom. The second-order valence-corrected chi connectivity index (χ2v) is 4.61. The van der Waals surface area contributed by atoms with Crippen LogP contribution in [0.5, 0.6) is 0 Å². The van der Waals surface area contributed by atoms with Crippen molar-refractivity contribution in [2.45, 2.75) is 12.5 Å². The molecule has 0 aliphatic carbocycles. The highest BCUT2D eigenvalue weighted by atomic mass is 35.5. The summed E-state index contributed by atoms with van der Waals surface area (Å²) < 4.78 is 0. The van der Waals surface area contributed by atoms with Gasteiger partial charge < -0.3 is 10.0 Å². The monoisotopic (exact) mass is 225 g/mol. The summed E-state index contributed by atoms with van der Waals surface area (Å²) in [6.45, 7) is 2.84. The first-order chi connectivity index (χ1) is 7.02. The largest absolute Gasteiger partial charge is 0.386 e. The minimum Gasteiger partial charge on any atom is -0.386 e. The number of rotatable bonds is 2. The number of carbonyl (C=O) groups is 1. The number of nitrogens with zero attached hydrogens (tertiary/aromatic N) is 1. The predicted octanol–water partition coefficient (Wildman–Crippen LogP) is 1.72. The number of β-amino-alcohol motifs (C(OH)–C–C–N with tert-alkyl or cyclic N) is 1. The fourth-order valence-electron chi connectivity index (χ4n) is 1.84. The molecule has 1 aliphatic heterocycles. The molecule has 0 spiro atoms. The van der Waals surface area contributed by atoms with E-state index < -0.39 is 5.60 Å². The average molecular weight is 226 g/mol. The van der Waals surface area contributed by atoms with Crippen molar-refractivity contribution in [3.05, 3.63) is 28.8 Å². The van der Waals surface area contributed by atoms with E-state index in [9.17, 15) is 9.90 Å². The van der Waals surface area contributed by atoms with Gasteiger partial charge >= 0.3 is 0 Å². The van der Waals surface area contributed by atoms with Gasteiger partial charge in [-0.1, -0.05) is 11.6 Å². The van der Waals surface area contributed by atoms with Crippen LogP contribution in [0.2, 0.25) is 5.02 Å². The molecule has 0 radical (unpaired) electrons. The van der Waals surface area contributed by atoms with Crippen LogP contribution in [0.15, 0.2) is 18.2 Å². The molecular formula is C11H12ClNO2. The zero-order valence-electron chi connectivity index (χ0n) is 8.40. The van der Waals surface area contributed by atoms with Crippen LogP contribution in [-0.2, 0) is 0 Å². The first kappa shape index (κ1) is 10.5. The molecule has 1 aromatic rings. The van der Waals surface area contributed by atoms with Crippen molar-refractivity contribution in [1.29, 1.82) is 0 Å². The van der Waals surface area contributed by atoms with Gasteiger partial charge in [-0.2, -0.15) is 0 Å². The lowest BCUT2D eigenvalue weighted by atomic mass is 9.95. The topological polar surface area (TPSA) is 40.5 Å². The Hall–Kier alpha value is -1.06. The summed E-state index contributed by atoms with van der Waals surface area (Å²) in [6.07, 6.45) is 0.804. The van der Waals surface area contributed by atoms with Crippen molar-refractivity contribution in [3.8, 4) is 0 Å². The van der Waals surface area contributed by atoms with Gasteiger partial charge in [-0.15, -0.1) is 0 Å². The maximum Gasteiger partial charge on any atom is 0.152 e. The number of carbonyl (C=O) groups excluding carboxylic acids is 1. The zero-order valence-corrected chi connectivity index (χ0v) is 9.16. The number of halogens is 1. The fraction of sp³-hybridized carbons (Fsp3) is 0.364. The number of anilines is 1. The molecule has 1 fully saturated rings. The van der Waals surface area contributed by atoms with Crippen LogP contribution >= 0.6 is 11.6 Å². The number of hydrogen-bond donors (Lipinski definition) is 1. The van der Waals surface area contributed by atoms with Gasteiger partial charge in [-0.05, 0) is 25.1 Å². The van der Waals surface area contributed by atoms with Gasteiger partial charge in [0, 0.05) is 29.4 Å². The number of benzene rings is 1. The van der Waals surface area contributed by atoms with Crippen LogP contribution in [0.4, 0.5) is 5.69 Å². The standard InChI is InChI=1S/C11H12ClNO2/c1-11(15)6-13(7-11)10-4-9(12)3-2-8(10)5-14/h2-5,15H,6-7H2,1H3. The Bertz CT molecular complexity index is 396. The Labute approximate surface area is 93.3 Å². The maximum atomic E-state index is 10.8. The minimum absolute atomic E-state index is 0.536. The van der Waals surface area contributed by atoms with Crippen molar-refractivity contribution in [2.24, 2.45) is 0 Å². The SMILES string of the molecule is CC1(O)CN(c2cc(Cl)ccc2C=O)C1. The molecule has 1 aromatic carbocycles. The highest BCUT2D eigenvalue weighted by molar-refractivity contribution is 6.31. The smallest absolute Gasteiger partial charge is 0.152 e. The molecule has 1 aliphatic rings. The van der Waals surface area contributed by atoms with E-state index in [-0.39, 0.29) is 0 Å². The maximum absolute atomic E-state index is 10.8. The van der Waals surface area contributed by atoms with Gasteiger partial charge in [0.1, 0.15) is 0 Å². The number of aliphatic hydroxyl groups is 1. The third kappa shape index (κ3) is 1.98. The molecule has 4 heteroatoms. The molecule has 1 N–H and O–H groups in total. The molecule has 0 bridgehead atoms. The van der Waals surface area contributed by atoms with Crippen LogP contribution < -0.4 is 4.90 Å². The first-order valence-corrected chi connectivity index (χ1v) is 5.12. The van der Waals surface area contributed by atoms with Crippen molar-refractivity contribution >= 4 is 23.6 Å². The molecular weight excluding hydrogens is 214 g/mol. The first-order valence-electron chi connectivity index (χ1n) is 4.74. The minimum atomic E-state index is -0.650.